The lowest BCUT2D eigenvalue weighted by atomic mass is 10.1. The van der Waals surface area contributed by atoms with E-state index in [0.717, 1.165) is 0 Å². The minimum absolute atomic E-state index is 0.0694. The van der Waals surface area contributed by atoms with E-state index in [0.29, 0.717) is 12.8 Å². The first-order valence-corrected chi connectivity index (χ1v) is 4.37. The number of aliphatic hydroxyl groups is 1. The molecule has 1 aromatic rings. The summed E-state index contributed by atoms with van der Waals surface area (Å²) in [5.41, 5.74) is -1.08. The zero-order valence-corrected chi connectivity index (χ0v) is 7.75. The van der Waals surface area contributed by atoms with E-state index in [1.165, 1.54) is 19.2 Å². The maximum atomic E-state index is 13.5. The minimum atomic E-state index is -1.14. The van der Waals surface area contributed by atoms with Gasteiger partial charge >= 0.3 is 0 Å². The van der Waals surface area contributed by atoms with E-state index in [1.807, 2.05) is 0 Å². The molecule has 0 heterocycles. The van der Waals surface area contributed by atoms with Crippen LogP contribution in [0.25, 0.3) is 0 Å². The number of hydrogen-bond donors (Lipinski definition) is 2. The molecule has 14 heavy (non-hydrogen) atoms. The molecule has 1 saturated carbocycles. The molecule has 4 heteroatoms. The predicted molar refractivity (Wildman–Crippen MR) is 47.7 cm³/mol. The van der Waals surface area contributed by atoms with E-state index in [-0.39, 0.29) is 11.3 Å². The Morgan fingerprint density at radius 2 is 2.07 bits per heavy atom. The number of rotatable bonds is 2. The van der Waals surface area contributed by atoms with Crippen molar-refractivity contribution in [3.8, 4) is 11.5 Å². The van der Waals surface area contributed by atoms with Crippen LogP contribution in [0.1, 0.15) is 18.4 Å². The second kappa shape index (κ2) is 2.85. The largest absolute Gasteiger partial charge is 0.505 e. The third kappa shape index (κ3) is 1.23. The molecule has 1 fully saturated rings. The monoisotopic (exact) mass is 198 g/mol. The molecule has 1 aromatic carbocycles. The number of halogens is 1. The second-order valence-corrected chi connectivity index (χ2v) is 3.51. The van der Waals surface area contributed by atoms with Crippen molar-refractivity contribution in [1.29, 1.82) is 0 Å². The fourth-order valence-corrected chi connectivity index (χ4v) is 1.52. The van der Waals surface area contributed by atoms with Crippen molar-refractivity contribution < 1.29 is 19.3 Å². The van der Waals surface area contributed by atoms with Gasteiger partial charge in [-0.3, -0.25) is 0 Å². The summed E-state index contributed by atoms with van der Waals surface area (Å²) in [5, 5.41) is 19.0. The lowest BCUT2D eigenvalue weighted by Crippen LogP contribution is -2.09. The number of ether oxygens (including phenoxy) is 1. The Kier molecular flexibility index (Phi) is 1.89. The quantitative estimate of drug-likeness (QED) is 0.757. The molecule has 0 spiro atoms. The van der Waals surface area contributed by atoms with Gasteiger partial charge in [-0.1, -0.05) is 0 Å². The summed E-state index contributed by atoms with van der Waals surface area (Å²) in [5.74, 6) is -0.967. The summed E-state index contributed by atoms with van der Waals surface area (Å²) < 4.78 is 18.4. The van der Waals surface area contributed by atoms with E-state index in [9.17, 15) is 9.50 Å². The number of aromatic hydroxyl groups is 1. The molecule has 76 valence electrons. The lowest BCUT2D eigenvalue weighted by molar-refractivity contribution is 0.141. The Bertz CT molecular complexity index is 372. The molecule has 0 aliphatic heterocycles. The fourth-order valence-electron chi connectivity index (χ4n) is 1.52. The summed E-state index contributed by atoms with van der Waals surface area (Å²) in [4.78, 5) is 0. The zero-order valence-electron chi connectivity index (χ0n) is 7.75. The Hall–Kier alpha value is -1.29. The molecule has 1 aliphatic carbocycles. The van der Waals surface area contributed by atoms with Gasteiger partial charge < -0.3 is 14.9 Å². The van der Waals surface area contributed by atoms with E-state index in [4.69, 9.17) is 9.84 Å². The highest BCUT2D eigenvalue weighted by Crippen LogP contribution is 2.50. The average molecular weight is 198 g/mol. The first-order valence-electron chi connectivity index (χ1n) is 4.37. The molecular formula is C10H11FO3. The highest BCUT2D eigenvalue weighted by atomic mass is 19.1. The number of methoxy groups -OCH3 is 1. The van der Waals surface area contributed by atoms with Crippen LogP contribution in [0.4, 0.5) is 4.39 Å². The second-order valence-electron chi connectivity index (χ2n) is 3.51. The minimum Gasteiger partial charge on any atom is -0.505 e. The summed E-state index contributed by atoms with van der Waals surface area (Å²) >= 11 is 0. The standard InChI is InChI=1S/C10H11FO3/c1-14-7-3-2-6(12)9(11)8(7)10(13)4-5-10/h2-3,12-13H,4-5H2,1H3. The normalized spacial score (nSPS) is 17.9. The van der Waals surface area contributed by atoms with Gasteiger partial charge in [0.2, 0.25) is 0 Å². The van der Waals surface area contributed by atoms with Crippen molar-refractivity contribution in [3.63, 3.8) is 0 Å². The summed E-state index contributed by atoms with van der Waals surface area (Å²) in [7, 11) is 1.40. The van der Waals surface area contributed by atoms with Crippen molar-refractivity contribution in [2.24, 2.45) is 0 Å². The molecule has 3 nitrogen and oxygen atoms in total. The van der Waals surface area contributed by atoms with Crippen molar-refractivity contribution >= 4 is 0 Å². The van der Waals surface area contributed by atoms with Gasteiger partial charge in [-0.05, 0) is 25.0 Å². The summed E-state index contributed by atoms with van der Waals surface area (Å²) in [6.07, 6.45) is 1.01. The Morgan fingerprint density at radius 1 is 1.43 bits per heavy atom. The van der Waals surface area contributed by atoms with Crippen LogP contribution in [-0.4, -0.2) is 17.3 Å². The van der Waals surface area contributed by atoms with Crippen molar-refractivity contribution in [2.75, 3.05) is 7.11 Å². The van der Waals surface area contributed by atoms with Gasteiger partial charge in [0.05, 0.1) is 18.3 Å². The first-order chi connectivity index (χ1) is 6.58. The van der Waals surface area contributed by atoms with Gasteiger partial charge in [0, 0.05) is 0 Å². The number of hydrogen-bond acceptors (Lipinski definition) is 3. The molecule has 2 N–H and O–H groups in total. The van der Waals surface area contributed by atoms with Crippen LogP contribution < -0.4 is 4.74 Å². The molecule has 0 unspecified atom stereocenters. The third-order valence-electron chi connectivity index (χ3n) is 2.49. The number of phenols is 1. The Morgan fingerprint density at radius 3 is 2.57 bits per heavy atom. The van der Waals surface area contributed by atoms with E-state index >= 15 is 0 Å². The smallest absolute Gasteiger partial charge is 0.174 e. The van der Waals surface area contributed by atoms with Gasteiger partial charge in [0.25, 0.3) is 0 Å². The van der Waals surface area contributed by atoms with Crippen molar-refractivity contribution in [1.82, 2.24) is 0 Å². The van der Waals surface area contributed by atoms with E-state index < -0.39 is 17.2 Å². The van der Waals surface area contributed by atoms with Crippen LogP contribution in [0.15, 0.2) is 12.1 Å². The van der Waals surface area contributed by atoms with Crippen LogP contribution in [0.3, 0.4) is 0 Å². The van der Waals surface area contributed by atoms with Gasteiger partial charge in [-0.2, -0.15) is 0 Å². The molecule has 0 amide bonds. The van der Waals surface area contributed by atoms with E-state index in [2.05, 4.69) is 0 Å². The topological polar surface area (TPSA) is 49.7 Å². The maximum Gasteiger partial charge on any atom is 0.174 e. The molecule has 0 saturated heterocycles. The van der Waals surface area contributed by atoms with Crippen LogP contribution in [0, 0.1) is 5.82 Å². The van der Waals surface area contributed by atoms with Gasteiger partial charge in [-0.15, -0.1) is 0 Å². The zero-order chi connectivity index (χ0) is 10.3. The molecule has 2 rings (SSSR count). The van der Waals surface area contributed by atoms with Crippen LogP contribution in [0.2, 0.25) is 0 Å². The Labute approximate surface area is 80.8 Å². The lowest BCUT2D eigenvalue weighted by Gasteiger charge is -2.14. The number of benzene rings is 1. The van der Waals surface area contributed by atoms with Crippen molar-refractivity contribution in [2.45, 2.75) is 18.4 Å². The maximum absolute atomic E-state index is 13.5. The highest BCUT2D eigenvalue weighted by Gasteiger charge is 2.47. The molecule has 1 aliphatic rings. The molecular weight excluding hydrogens is 187 g/mol. The average Bonchev–Trinajstić information content (AvgIpc) is 2.89. The van der Waals surface area contributed by atoms with Crippen LogP contribution in [0.5, 0.6) is 11.5 Å². The van der Waals surface area contributed by atoms with Crippen LogP contribution >= 0.6 is 0 Å². The summed E-state index contributed by atoms with van der Waals surface area (Å²) in [6, 6.07) is 2.66. The Balaban J connectivity index is 2.59. The SMILES string of the molecule is COc1ccc(O)c(F)c1C1(O)CC1. The summed E-state index contributed by atoms with van der Waals surface area (Å²) in [6.45, 7) is 0. The van der Waals surface area contributed by atoms with E-state index in [1.54, 1.807) is 0 Å². The van der Waals surface area contributed by atoms with Gasteiger partial charge in [-0.25, -0.2) is 4.39 Å². The van der Waals surface area contributed by atoms with Gasteiger partial charge in [0.15, 0.2) is 11.6 Å². The molecule has 0 radical (unpaired) electrons. The van der Waals surface area contributed by atoms with Gasteiger partial charge in [0.1, 0.15) is 5.75 Å². The molecule has 0 atom stereocenters. The molecule has 0 bridgehead atoms. The van der Waals surface area contributed by atoms with Crippen molar-refractivity contribution in [3.05, 3.63) is 23.5 Å². The molecule has 0 aromatic heterocycles. The predicted octanol–water partition coefficient (Wildman–Crippen LogP) is 1.52. The highest BCUT2D eigenvalue weighted by molar-refractivity contribution is 5.46. The third-order valence-corrected chi connectivity index (χ3v) is 2.49. The fraction of sp³-hybridized carbons (Fsp3) is 0.400. The van der Waals surface area contributed by atoms with Crippen LogP contribution in [-0.2, 0) is 5.60 Å². The first kappa shape index (κ1) is 9.27. The number of phenolic OH excluding ortho intramolecular Hbond substituents is 1.